The molecule has 1 fully saturated rings. The van der Waals surface area contributed by atoms with Crippen molar-refractivity contribution in [1.29, 1.82) is 0 Å². The summed E-state index contributed by atoms with van der Waals surface area (Å²) in [5, 5.41) is 19.2. The number of aromatic nitrogens is 2. The molecule has 0 saturated carbocycles. The van der Waals surface area contributed by atoms with Crippen LogP contribution in [0.3, 0.4) is 0 Å². The maximum Gasteiger partial charge on any atom is 0.339 e. The molecule has 0 aliphatic carbocycles. The van der Waals surface area contributed by atoms with Crippen LogP contribution in [-0.2, 0) is 0 Å². The minimum absolute atomic E-state index is 0.216. The third-order valence-corrected chi connectivity index (χ3v) is 4.94. The number of hydrogen-bond acceptors (Lipinski definition) is 5. The van der Waals surface area contributed by atoms with Gasteiger partial charge in [-0.15, -0.1) is 0 Å². The van der Waals surface area contributed by atoms with Gasteiger partial charge < -0.3 is 15.1 Å². The van der Waals surface area contributed by atoms with Gasteiger partial charge in [0.05, 0.1) is 11.0 Å². The first-order chi connectivity index (χ1) is 12.9. The summed E-state index contributed by atoms with van der Waals surface area (Å²) < 4.78 is 13.4. The monoisotopic (exact) mass is 367 g/mol. The molecule has 2 N–H and O–H groups in total. The van der Waals surface area contributed by atoms with Crippen LogP contribution in [0.5, 0.6) is 5.75 Å². The molecule has 0 radical (unpaired) electrons. The van der Waals surface area contributed by atoms with Crippen molar-refractivity contribution in [2.45, 2.75) is 25.8 Å². The van der Waals surface area contributed by atoms with Gasteiger partial charge in [-0.25, -0.2) is 19.2 Å². The van der Waals surface area contributed by atoms with E-state index in [0.29, 0.717) is 28.1 Å². The highest BCUT2D eigenvalue weighted by Gasteiger charge is 2.26. The maximum absolute atomic E-state index is 13.4. The fourth-order valence-electron chi connectivity index (χ4n) is 3.50. The normalized spacial score (nSPS) is 16.8. The van der Waals surface area contributed by atoms with Gasteiger partial charge in [0, 0.05) is 24.2 Å². The summed E-state index contributed by atoms with van der Waals surface area (Å²) in [4.78, 5) is 22.8. The van der Waals surface area contributed by atoms with Crippen molar-refractivity contribution in [1.82, 2.24) is 9.97 Å². The third-order valence-electron chi connectivity index (χ3n) is 4.94. The molecule has 0 bridgehead atoms. The highest BCUT2D eigenvalue weighted by Crippen LogP contribution is 2.35. The molecule has 0 amide bonds. The average molecular weight is 367 g/mol. The minimum atomic E-state index is -1.23. The first-order valence-corrected chi connectivity index (χ1v) is 8.74. The number of aromatic carboxylic acids is 1. The Kier molecular flexibility index (Phi) is 4.14. The van der Waals surface area contributed by atoms with E-state index >= 15 is 0 Å². The Hall–Kier alpha value is -3.22. The van der Waals surface area contributed by atoms with E-state index in [1.54, 1.807) is 12.1 Å². The van der Waals surface area contributed by atoms with E-state index in [1.807, 2.05) is 0 Å². The number of rotatable bonds is 3. The number of fused-ring (bicyclic) bond motifs is 1. The molecule has 7 heteroatoms. The molecule has 6 nitrogen and oxygen atoms in total. The third kappa shape index (κ3) is 3.05. The predicted octanol–water partition coefficient (Wildman–Crippen LogP) is 3.83. The van der Waals surface area contributed by atoms with E-state index in [-0.39, 0.29) is 23.2 Å². The standard InChI is InChI=1S/C20H18FN3O3/c1-11-3-2-8-24(11)19-18(12-4-6-13(21)7-5-12)22-16-10-17(25)14(20(26)27)9-15(16)23-19/h4-7,9-11,25H,2-3,8H2,1H3,(H,26,27)/t11-/m0/s1. The summed E-state index contributed by atoms with van der Waals surface area (Å²) in [6, 6.07) is 8.91. The number of carboxylic acid groups (broad SMARTS) is 1. The molecular formula is C20H18FN3O3. The highest BCUT2D eigenvalue weighted by molar-refractivity contribution is 5.96. The van der Waals surface area contributed by atoms with Crippen molar-refractivity contribution in [3.8, 4) is 17.0 Å². The van der Waals surface area contributed by atoms with Crippen LogP contribution < -0.4 is 4.90 Å². The van der Waals surface area contributed by atoms with Crippen molar-refractivity contribution < 1.29 is 19.4 Å². The Morgan fingerprint density at radius 2 is 1.89 bits per heavy atom. The van der Waals surface area contributed by atoms with Crippen LogP contribution in [0.25, 0.3) is 22.3 Å². The van der Waals surface area contributed by atoms with Gasteiger partial charge in [-0.05, 0) is 50.1 Å². The summed E-state index contributed by atoms with van der Waals surface area (Å²) in [6.07, 6.45) is 2.05. The number of phenols is 1. The lowest BCUT2D eigenvalue weighted by Gasteiger charge is -2.25. The van der Waals surface area contributed by atoms with E-state index in [2.05, 4.69) is 21.8 Å². The topological polar surface area (TPSA) is 86.6 Å². The van der Waals surface area contributed by atoms with Crippen molar-refractivity contribution in [2.24, 2.45) is 0 Å². The zero-order chi connectivity index (χ0) is 19.1. The molecule has 2 aromatic carbocycles. The smallest absolute Gasteiger partial charge is 0.339 e. The van der Waals surface area contributed by atoms with Gasteiger partial charge >= 0.3 is 5.97 Å². The predicted molar refractivity (Wildman–Crippen MR) is 99.6 cm³/mol. The van der Waals surface area contributed by atoms with Crippen LogP contribution in [-0.4, -0.2) is 38.7 Å². The Morgan fingerprint density at radius 1 is 1.19 bits per heavy atom. The number of aromatic hydroxyl groups is 1. The molecule has 138 valence electrons. The molecule has 0 unspecified atom stereocenters. The van der Waals surface area contributed by atoms with E-state index in [0.717, 1.165) is 19.4 Å². The van der Waals surface area contributed by atoms with Crippen LogP contribution in [0.15, 0.2) is 36.4 Å². The van der Waals surface area contributed by atoms with E-state index in [9.17, 15) is 19.4 Å². The van der Waals surface area contributed by atoms with Crippen LogP contribution in [0.4, 0.5) is 10.2 Å². The Bertz CT molecular complexity index is 1040. The van der Waals surface area contributed by atoms with E-state index < -0.39 is 5.97 Å². The fraction of sp³-hybridized carbons (Fsp3) is 0.250. The summed E-state index contributed by atoms with van der Waals surface area (Å²) >= 11 is 0. The maximum atomic E-state index is 13.4. The first-order valence-electron chi connectivity index (χ1n) is 8.74. The second kappa shape index (κ2) is 6.50. The van der Waals surface area contributed by atoms with E-state index in [1.165, 1.54) is 24.3 Å². The lowest BCUT2D eigenvalue weighted by atomic mass is 10.1. The zero-order valence-corrected chi connectivity index (χ0v) is 14.7. The van der Waals surface area contributed by atoms with Gasteiger partial charge in [-0.2, -0.15) is 0 Å². The van der Waals surface area contributed by atoms with Gasteiger partial charge in [-0.1, -0.05) is 0 Å². The minimum Gasteiger partial charge on any atom is -0.507 e. The first kappa shape index (κ1) is 17.2. The lowest BCUT2D eigenvalue weighted by Crippen LogP contribution is -2.28. The van der Waals surface area contributed by atoms with Crippen LogP contribution in [0.1, 0.15) is 30.1 Å². The molecule has 1 atom stereocenters. The molecule has 0 spiro atoms. The summed E-state index contributed by atoms with van der Waals surface area (Å²) in [5.41, 5.74) is 1.85. The number of halogens is 1. The van der Waals surface area contributed by atoms with Crippen LogP contribution in [0, 0.1) is 5.82 Å². The number of carboxylic acids is 1. The van der Waals surface area contributed by atoms with Gasteiger partial charge in [0.15, 0.2) is 5.82 Å². The Morgan fingerprint density at radius 3 is 2.52 bits per heavy atom. The summed E-state index contributed by atoms with van der Waals surface area (Å²) in [5.74, 6) is -1.29. The number of hydrogen-bond donors (Lipinski definition) is 2. The Labute approximate surface area is 154 Å². The molecule has 1 saturated heterocycles. The molecule has 2 heterocycles. The SMILES string of the molecule is C[C@H]1CCCN1c1nc2cc(C(=O)O)c(O)cc2nc1-c1ccc(F)cc1. The van der Waals surface area contributed by atoms with E-state index in [4.69, 9.17) is 0 Å². The van der Waals surface area contributed by atoms with Gasteiger partial charge in [-0.3, -0.25) is 0 Å². The largest absolute Gasteiger partial charge is 0.507 e. The van der Waals surface area contributed by atoms with Crippen molar-refractivity contribution in [2.75, 3.05) is 11.4 Å². The second-order valence-electron chi connectivity index (χ2n) is 6.75. The van der Waals surface area contributed by atoms with Crippen molar-refractivity contribution in [3.63, 3.8) is 0 Å². The fourth-order valence-corrected chi connectivity index (χ4v) is 3.50. The number of nitrogens with zero attached hydrogens (tertiary/aromatic N) is 3. The molecule has 1 aromatic heterocycles. The second-order valence-corrected chi connectivity index (χ2v) is 6.75. The van der Waals surface area contributed by atoms with Crippen molar-refractivity contribution >= 4 is 22.8 Å². The Balaban J connectivity index is 1.97. The van der Waals surface area contributed by atoms with Crippen LogP contribution >= 0.6 is 0 Å². The molecule has 4 rings (SSSR count). The van der Waals surface area contributed by atoms with Gasteiger partial charge in [0.25, 0.3) is 0 Å². The average Bonchev–Trinajstić information content (AvgIpc) is 3.06. The van der Waals surface area contributed by atoms with Crippen molar-refractivity contribution in [3.05, 3.63) is 47.8 Å². The summed E-state index contributed by atoms with van der Waals surface area (Å²) in [6.45, 7) is 2.92. The number of benzene rings is 2. The highest BCUT2D eigenvalue weighted by atomic mass is 19.1. The molecule has 3 aromatic rings. The number of carbonyl (C=O) groups is 1. The molecule has 27 heavy (non-hydrogen) atoms. The van der Waals surface area contributed by atoms with Crippen LogP contribution in [0.2, 0.25) is 0 Å². The summed E-state index contributed by atoms with van der Waals surface area (Å²) in [7, 11) is 0. The quantitative estimate of drug-likeness (QED) is 0.732. The van der Waals surface area contributed by atoms with Gasteiger partial charge in [0.2, 0.25) is 0 Å². The molecular weight excluding hydrogens is 349 g/mol. The molecule has 1 aliphatic rings. The van der Waals surface area contributed by atoms with Gasteiger partial charge in [0.1, 0.15) is 22.8 Å². The molecule has 1 aliphatic heterocycles. The number of anilines is 1. The lowest BCUT2D eigenvalue weighted by molar-refractivity contribution is 0.0694. The zero-order valence-electron chi connectivity index (χ0n) is 14.7.